The van der Waals surface area contributed by atoms with Gasteiger partial charge in [0.1, 0.15) is 6.61 Å². The third-order valence-corrected chi connectivity index (χ3v) is 4.61. The Kier molecular flexibility index (Phi) is 6.48. The summed E-state index contributed by atoms with van der Waals surface area (Å²) in [6, 6.07) is 20.6. The largest absolute Gasteiger partial charge is 0.496 e. The molecular formula is C24H27N3O. The highest BCUT2D eigenvalue weighted by atomic mass is 16.5. The van der Waals surface area contributed by atoms with Gasteiger partial charge in [-0.1, -0.05) is 60.7 Å². The van der Waals surface area contributed by atoms with Gasteiger partial charge in [0.25, 0.3) is 0 Å². The Morgan fingerprint density at radius 1 is 1.11 bits per heavy atom. The van der Waals surface area contributed by atoms with Gasteiger partial charge in [-0.3, -0.25) is 0 Å². The van der Waals surface area contributed by atoms with Crippen molar-refractivity contribution >= 4 is 23.1 Å². The van der Waals surface area contributed by atoms with E-state index in [1.165, 1.54) is 0 Å². The maximum Gasteiger partial charge on any atom is 0.112 e. The summed E-state index contributed by atoms with van der Waals surface area (Å²) < 4.78 is 5.94. The van der Waals surface area contributed by atoms with Gasteiger partial charge >= 0.3 is 0 Å². The second-order valence-electron chi connectivity index (χ2n) is 6.81. The van der Waals surface area contributed by atoms with Gasteiger partial charge in [-0.05, 0) is 53.2 Å². The number of hydrogen-bond donors (Lipinski definition) is 3. The maximum absolute atomic E-state index is 6.16. The van der Waals surface area contributed by atoms with Crippen molar-refractivity contribution in [3.05, 3.63) is 94.0 Å². The molecule has 0 spiro atoms. The molecule has 5 N–H and O–H groups in total. The average Bonchev–Trinajstić information content (AvgIpc) is 2.72. The molecule has 0 aromatic heterocycles. The van der Waals surface area contributed by atoms with E-state index in [1.807, 2.05) is 56.7 Å². The van der Waals surface area contributed by atoms with Crippen LogP contribution in [0.3, 0.4) is 0 Å². The Morgan fingerprint density at radius 2 is 1.86 bits per heavy atom. The summed E-state index contributed by atoms with van der Waals surface area (Å²) in [7, 11) is 1.85. The number of benzene rings is 3. The van der Waals surface area contributed by atoms with E-state index < -0.39 is 0 Å². The van der Waals surface area contributed by atoms with Crippen molar-refractivity contribution in [2.75, 3.05) is 7.05 Å². The Labute approximate surface area is 165 Å². The molecule has 4 nitrogen and oxygen atoms in total. The molecule has 0 bridgehead atoms. The molecule has 0 fully saturated rings. The van der Waals surface area contributed by atoms with E-state index in [1.54, 1.807) is 0 Å². The van der Waals surface area contributed by atoms with E-state index in [-0.39, 0.29) is 6.17 Å². The van der Waals surface area contributed by atoms with Crippen LogP contribution in [0, 0.1) is 0 Å². The summed E-state index contributed by atoms with van der Waals surface area (Å²) >= 11 is 0. The van der Waals surface area contributed by atoms with Crippen molar-refractivity contribution < 1.29 is 4.74 Å². The molecular weight excluding hydrogens is 346 g/mol. The molecule has 4 heteroatoms. The Bertz CT molecular complexity index is 1080. The summed E-state index contributed by atoms with van der Waals surface area (Å²) in [4.78, 5) is 0. The maximum atomic E-state index is 6.16. The van der Waals surface area contributed by atoms with Crippen molar-refractivity contribution in [3.63, 3.8) is 0 Å². The molecule has 0 aliphatic carbocycles. The summed E-state index contributed by atoms with van der Waals surface area (Å²) in [5.41, 5.74) is 14.9. The standard InChI is InChI=1S/C24H27N3O/c1-17(25)8-9-20-11-10-19-12-13-21(24(26)27-2)14-22(19)23(20)16-28-15-18-6-4-3-5-7-18/h3-14,16,24,27H,15,25-26H2,1-2H3/b17-8+,20-9-,23-16?. The second kappa shape index (κ2) is 9.22. The fourth-order valence-electron chi connectivity index (χ4n) is 3.03. The fraction of sp³-hybridized carbons (Fsp3) is 0.167. The zero-order chi connectivity index (χ0) is 19.9. The van der Waals surface area contributed by atoms with Crippen LogP contribution in [0.15, 0.2) is 72.4 Å². The highest BCUT2D eigenvalue weighted by molar-refractivity contribution is 5.84. The minimum atomic E-state index is -0.221. The predicted octanol–water partition coefficient (Wildman–Crippen LogP) is 2.61. The SMILES string of the molecule is CNC(N)c1ccc2cc/c(=C/C=C(\C)N)c(=COCc3ccccc3)c2c1. The molecule has 28 heavy (non-hydrogen) atoms. The van der Waals surface area contributed by atoms with Crippen LogP contribution >= 0.6 is 0 Å². The van der Waals surface area contributed by atoms with Gasteiger partial charge in [0.15, 0.2) is 0 Å². The van der Waals surface area contributed by atoms with E-state index in [4.69, 9.17) is 16.2 Å². The van der Waals surface area contributed by atoms with Crippen LogP contribution < -0.4 is 27.2 Å². The minimum Gasteiger partial charge on any atom is -0.496 e. The molecule has 0 aliphatic rings. The number of nitrogens with one attached hydrogen (secondary N) is 1. The molecule has 3 rings (SSSR count). The molecule has 1 unspecified atom stereocenters. The van der Waals surface area contributed by atoms with Gasteiger partial charge in [0, 0.05) is 10.9 Å². The van der Waals surface area contributed by atoms with E-state index >= 15 is 0 Å². The first kappa shape index (κ1) is 19.7. The molecule has 0 aliphatic heterocycles. The van der Waals surface area contributed by atoms with Crippen LogP contribution in [0.5, 0.6) is 0 Å². The molecule has 3 aromatic rings. The lowest BCUT2D eigenvalue weighted by Gasteiger charge is -2.12. The van der Waals surface area contributed by atoms with Crippen LogP contribution in [0.25, 0.3) is 23.1 Å². The van der Waals surface area contributed by atoms with Crippen LogP contribution in [-0.4, -0.2) is 7.05 Å². The lowest BCUT2D eigenvalue weighted by Crippen LogP contribution is -2.27. The normalized spacial score (nSPS) is 14.5. The number of fused-ring (bicyclic) bond motifs is 1. The highest BCUT2D eigenvalue weighted by Gasteiger charge is 2.05. The molecule has 144 valence electrons. The molecule has 0 saturated heterocycles. The van der Waals surface area contributed by atoms with Crippen molar-refractivity contribution in [2.24, 2.45) is 11.5 Å². The van der Waals surface area contributed by atoms with Crippen LogP contribution in [0.1, 0.15) is 24.2 Å². The third-order valence-electron chi connectivity index (χ3n) is 4.61. The van der Waals surface area contributed by atoms with Gasteiger partial charge in [0.05, 0.1) is 12.4 Å². The minimum absolute atomic E-state index is 0.221. The van der Waals surface area contributed by atoms with E-state index in [0.29, 0.717) is 6.61 Å². The zero-order valence-electron chi connectivity index (χ0n) is 16.4. The van der Waals surface area contributed by atoms with Crippen molar-refractivity contribution in [1.29, 1.82) is 0 Å². The van der Waals surface area contributed by atoms with E-state index in [0.717, 1.165) is 38.0 Å². The Morgan fingerprint density at radius 3 is 2.57 bits per heavy atom. The smallest absolute Gasteiger partial charge is 0.112 e. The zero-order valence-corrected chi connectivity index (χ0v) is 16.4. The molecule has 3 aromatic carbocycles. The predicted molar refractivity (Wildman–Crippen MR) is 117 cm³/mol. The molecule has 0 heterocycles. The number of ether oxygens (including phenoxy) is 1. The van der Waals surface area contributed by atoms with Gasteiger partial charge in [0.2, 0.25) is 0 Å². The number of hydrogen-bond acceptors (Lipinski definition) is 4. The first-order chi connectivity index (χ1) is 13.6. The van der Waals surface area contributed by atoms with Crippen LogP contribution in [0.2, 0.25) is 0 Å². The lowest BCUT2D eigenvalue weighted by atomic mass is 10.0. The molecule has 1 atom stereocenters. The number of allylic oxidation sites excluding steroid dienone is 2. The van der Waals surface area contributed by atoms with Gasteiger partial charge in [-0.2, -0.15) is 0 Å². The van der Waals surface area contributed by atoms with E-state index in [9.17, 15) is 0 Å². The van der Waals surface area contributed by atoms with Gasteiger partial charge in [-0.15, -0.1) is 0 Å². The number of nitrogens with two attached hydrogens (primary N) is 2. The monoisotopic (exact) mass is 373 g/mol. The van der Waals surface area contributed by atoms with Crippen LogP contribution in [-0.2, 0) is 11.3 Å². The van der Waals surface area contributed by atoms with E-state index in [2.05, 4.69) is 41.7 Å². The molecule has 0 radical (unpaired) electrons. The van der Waals surface area contributed by atoms with Crippen LogP contribution in [0.4, 0.5) is 0 Å². The van der Waals surface area contributed by atoms with Gasteiger partial charge < -0.3 is 21.5 Å². The summed E-state index contributed by atoms with van der Waals surface area (Å²) in [5, 5.41) is 7.36. The first-order valence-electron chi connectivity index (χ1n) is 9.34. The quantitative estimate of drug-likeness (QED) is 0.581. The van der Waals surface area contributed by atoms with Crippen molar-refractivity contribution in [1.82, 2.24) is 5.32 Å². The average molecular weight is 374 g/mol. The highest BCUT2D eigenvalue weighted by Crippen LogP contribution is 2.15. The molecule has 0 saturated carbocycles. The van der Waals surface area contributed by atoms with Gasteiger partial charge in [-0.25, -0.2) is 0 Å². The summed E-state index contributed by atoms with van der Waals surface area (Å²) in [6.07, 6.45) is 5.52. The molecule has 0 amide bonds. The Hall–Kier alpha value is -3.08. The van der Waals surface area contributed by atoms with Crippen molar-refractivity contribution in [3.8, 4) is 0 Å². The first-order valence-corrected chi connectivity index (χ1v) is 9.34. The lowest BCUT2D eigenvalue weighted by molar-refractivity contribution is 0.281. The summed E-state index contributed by atoms with van der Waals surface area (Å²) in [6.45, 7) is 2.38. The number of rotatable bonds is 6. The fourth-order valence-corrected chi connectivity index (χ4v) is 3.03. The Balaban J connectivity index is 2.13. The van der Waals surface area contributed by atoms with Crippen molar-refractivity contribution in [2.45, 2.75) is 19.7 Å². The topological polar surface area (TPSA) is 73.3 Å². The second-order valence-corrected chi connectivity index (χ2v) is 6.81. The third kappa shape index (κ3) is 4.80. The summed E-state index contributed by atoms with van der Waals surface area (Å²) in [5.74, 6) is 0.